The zero-order valence-corrected chi connectivity index (χ0v) is 8.53. The number of nitrogens with two attached hydrogens (primary N) is 1. The topological polar surface area (TPSA) is 67.8 Å². The van der Waals surface area contributed by atoms with Crippen LogP contribution in [0.15, 0.2) is 22.1 Å². The number of benzene rings is 1. The van der Waals surface area contributed by atoms with Crippen molar-refractivity contribution in [2.24, 2.45) is 15.7 Å². The second kappa shape index (κ2) is 5.78. The average molecular weight is 243 g/mol. The molecular formula is C10H8F3N3O. The highest BCUT2D eigenvalue weighted by atomic mass is 19.1. The number of aliphatic imine (C=N–C) groups is 2. The first-order valence-electron chi connectivity index (χ1n) is 4.45. The molecule has 0 fully saturated rings. The van der Waals surface area contributed by atoms with E-state index in [2.05, 4.69) is 9.98 Å². The van der Waals surface area contributed by atoms with Gasteiger partial charge in [-0.1, -0.05) is 0 Å². The minimum atomic E-state index is -1.26. The molecule has 1 aromatic rings. The van der Waals surface area contributed by atoms with Crippen molar-refractivity contribution in [2.75, 3.05) is 6.54 Å². The number of hydrogen-bond donors (Lipinski definition) is 1. The summed E-state index contributed by atoms with van der Waals surface area (Å²) >= 11 is 0. The fourth-order valence-corrected chi connectivity index (χ4v) is 1.10. The summed E-state index contributed by atoms with van der Waals surface area (Å²) < 4.78 is 38.8. The summed E-state index contributed by atoms with van der Waals surface area (Å²) in [5.74, 6) is -4.52. The molecule has 0 aromatic heterocycles. The van der Waals surface area contributed by atoms with Crippen molar-refractivity contribution in [3.63, 3.8) is 0 Å². The number of hydrogen-bond acceptors (Lipinski definition) is 2. The molecule has 90 valence electrons. The monoisotopic (exact) mass is 243 g/mol. The smallest absolute Gasteiger partial charge is 0.190 e. The Labute approximate surface area is 94.7 Å². The van der Waals surface area contributed by atoms with Crippen LogP contribution in [0, 0.1) is 17.5 Å². The lowest BCUT2D eigenvalue weighted by molar-refractivity contribution is 0.0994. The molecule has 0 heterocycles. The van der Waals surface area contributed by atoms with Crippen LogP contribution in [0.1, 0.15) is 10.4 Å². The Balaban J connectivity index is 2.89. The van der Waals surface area contributed by atoms with Gasteiger partial charge < -0.3 is 5.73 Å². The van der Waals surface area contributed by atoms with Gasteiger partial charge in [-0.05, 0) is 0 Å². The first-order chi connectivity index (χ1) is 8.06. The van der Waals surface area contributed by atoms with Crippen molar-refractivity contribution in [3.8, 4) is 0 Å². The molecule has 17 heavy (non-hydrogen) atoms. The third kappa shape index (κ3) is 3.40. The predicted octanol–water partition coefficient (Wildman–Crippen LogP) is 1.30. The van der Waals surface area contributed by atoms with Gasteiger partial charge in [0.2, 0.25) is 0 Å². The van der Waals surface area contributed by atoms with E-state index in [0.29, 0.717) is 12.1 Å². The van der Waals surface area contributed by atoms with Crippen molar-refractivity contribution in [1.29, 1.82) is 0 Å². The molecule has 0 unspecified atom stereocenters. The maximum atomic E-state index is 13.1. The number of ketones is 1. The van der Waals surface area contributed by atoms with Gasteiger partial charge in [0.05, 0.1) is 11.9 Å². The van der Waals surface area contributed by atoms with Crippen molar-refractivity contribution >= 4 is 18.5 Å². The second-order valence-electron chi connectivity index (χ2n) is 2.92. The molecule has 0 atom stereocenters. The molecule has 0 radical (unpaired) electrons. The minimum Gasteiger partial charge on any atom is -0.390 e. The largest absolute Gasteiger partial charge is 0.390 e. The number of halogens is 3. The van der Waals surface area contributed by atoms with E-state index in [1.54, 1.807) is 0 Å². The van der Waals surface area contributed by atoms with Crippen LogP contribution in [-0.2, 0) is 0 Å². The Hall–Kier alpha value is -2.18. The Morgan fingerprint density at radius 3 is 2.41 bits per heavy atom. The third-order valence-corrected chi connectivity index (χ3v) is 1.75. The van der Waals surface area contributed by atoms with Gasteiger partial charge in [-0.2, -0.15) is 0 Å². The van der Waals surface area contributed by atoms with E-state index in [-0.39, 0.29) is 0 Å². The molecule has 0 saturated carbocycles. The summed E-state index contributed by atoms with van der Waals surface area (Å²) in [4.78, 5) is 18.2. The summed E-state index contributed by atoms with van der Waals surface area (Å²) in [6.07, 6.45) is 1.91. The Morgan fingerprint density at radius 2 is 1.88 bits per heavy atom. The Morgan fingerprint density at radius 1 is 1.29 bits per heavy atom. The second-order valence-corrected chi connectivity index (χ2v) is 2.92. The molecule has 0 amide bonds. The Kier molecular flexibility index (Phi) is 4.38. The maximum absolute atomic E-state index is 13.1. The molecule has 1 aromatic carbocycles. The molecule has 0 saturated heterocycles. The normalized spacial score (nSPS) is 11.5. The zero-order valence-electron chi connectivity index (χ0n) is 8.53. The summed E-state index contributed by atoms with van der Waals surface area (Å²) in [6, 6.07) is 0.857. The highest BCUT2D eigenvalue weighted by molar-refractivity contribution is 5.98. The lowest BCUT2D eigenvalue weighted by Gasteiger charge is -2.01. The van der Waals surface area contributed by atoms with E-state index in [4.69, 9.17) is 5.73 Å². The van der Waals surface area contributed by atoms with Crippen LogP contribution in [-0.4, -0.2) is 25.0 Å². The van der Waals surface area contributed by atoms with Gasteiger partial charge in [0.15, 0.2) is 5.78 Å². The van der Waals surface area contributed by atoms with Crippen LogP contribution in [0.3, 0.4) is 0 Å². The highest BCUT2D eigenvalue weighted by Gasteiger charge is 2.18. The number of carbonyl (C=O) groups excluding carboxylic acids is 1. The van der Waals surface area contributed by atoms with Crippen molar-refractivity contribution < 1.29 is 18.0 Å². The van der Waals surface area contributed by atoms with Gasteiger partial charge in [0.1, 0.15) is 30.3 Å². The number of Topliss-reactive ketones (excluding diaryl/α,β-unsaturated/α-hetero) is 1. The molecular weight excluding hydrogens is 235 g/mol. The van der Waals surface area contributed by atoms with E-state index in [0.717, 1.165) is 12.7 Å². The van der Waals surface area contributed by atoms with Crippen LogP contribution < -0.4 is 5.73 Å². The summed E-state index contributed by atoms with van der Waals surface area (Å²) in [5.41, 5.74) is 4.07. The standard InChI is InChI=1S/C10H8F3N3O/c11-6-1-7(12)10(8(13)2-6)9(17)3-15-5-16-4-14/h1-2,4-5H,3H2,(H2,14,15,16). The molecule has 2 N–H and O–H groups in total. The fraction of sp³-hybridized carbons (Fsp3) is 0.100. The third-order valence-electron chi connectivity index (χ3n) is 1.75. The quantitative estimate of drug-likeness (QED) is 0.492. The highest BCUT2D eigenvalue weighted by Crippen LogP contribution is 2.15. The average Bonchev–Trinajstić information content (AvgIpc) is 2.23. The van der Waals surface area contributed by atoms with Crippen molar-refractivity contribution in [3.05, 3.63) is 35.1 Å². The molecule has 0 spiro atoms. The molecule has 1 rings (SSSR count). The van der Waals surface area contributed by atoms with Gasteiger partial charge in [0.25, 0.3) is 0 Å². The number of rotatable bonds is 4. The maximum Gasteiger partial charge on any atom is 0.190 e. The van der Waals surface area contributed by atoms with Crippen LogP contribution in [0.5, 0.6) is 0 Å². The van der Waals surface area contributed by atoms with E-state index in [9.17, 15) is 18.0 Å². The molecule has 0 aliphatic heterocycles. The minimum absolute atomic E-state index is 0.429. The molecule has 7 heteroatoms. The van der Waals surface area contributed by atoms with E-state index in [1.807, 2.05) is 0 Å². The summed E-state index contributed by atoms with van der Waals surface area (Å²) in [6.45, 7) is -0.503. The van der Waals surface area contributed by atoms with Gasteiger partial charge in [-0.3, -0.25) is 9.79 Å². The number of nitrogens with zero attached hydrogens (tertiary/aromatic N) is 2. The SMILES string of the molecule is NC=NC=NCC(=O)c1c(F)cc(F)cc1F. The van der Waals surface area contributed by atoms with Gasteiger partial charge in [-0.25, -0.2) is 18.2 Å². The van der Waals surface area contributed by atoms with Gasteiger partial charge in [0, 0.05) is 12.1 Å². The van der Waals surface area contributed by atoms with Crippen LogP contribution in [0.2, 0.25) is 0 Å². The molecule has 0 bridgehead atoms. The first kappa shape index (κ1) is 12.9. The predicted molar refractivity (Wildman–Crippen MR) is 56.7 cm³/mol. The van der Waals surface area contributed by atoms with Gasteiger partial charge >= 0.3 is 0 Å². The van der Waals surface area contributed by atoms with E-state index in [1.165, 1.54) is 0 Å². The van der Waals surface area contributed by atoms with Crippen LogP contribution in [0.4, 0.5) is 13.2 Å². The lowest BCUT2D eigenvalue weighted by Crippen LogP contribution is -2.10. The van der Waals surface area contributed by atoms with E-state index < -0.39 is 35.3 Å². The summed E-state index contributed by atoms with van der Waals surface area (Å²) in [5, 5.41) is 0. The first-order valence-corrected chi connectivity index (χ1v) is 4.45. The number of carbonyl (C=O) groups is 1. The zero-order chi connectivity index (χ0) is 12.8. The lowest BCUT2D eigenvalue weighted by atomic mass is 10.1. The fourth-order valence-electron chi connectivity index (χ4n) is 1.10. The molecule has 0 aliphatic rings. The molecule has 4 nitrogen and oxygen atoms in total. The van der Waals surface area contributed by atoms with Crippen molar-refractivity contribution in [2.45, 2.75) is 0 Å². The van der Waals surface area contributed by atoms with Crippen LogP contribution >= 0.6 is 0 Å². The Bertz CT molecular complexity index is 463. The van der Waals surface area contributed by atoms with Gasteiger partial charge in [-0.15, -0.1) is 0 Å². The van der Waals surface area contributed by atoms with E-state index >= 15 is 0 Å². The summed E-state index contributed by atoms with van der Waals surface area (Å²) in [7, 11) is 0. The molecule has 0 aliphatic carbocycles. The van der Waals surface area contributed by atoms with Crippen molar-refractivity contribution in [1.82, 2.24) is 0 Å². The van der Waals surface area contributed by atoms with Crippen LogP contribution in [0.25, 0.3) is 0 Å².